The zero-order valence-corrected chi connectivity index (χ0v) is 13.5. The Kier molecular flexibility index (Phi) is 10.6. The molecule has 0 heterocycles. The number of aliphatic carboxylic acids is 1. The lowest BCUT2D eigenvalue weighted by Crippen LogP contribution is -2.41. The van der Waals surface area contributed by atoms with Gasteiger partial charge in [-0.05, 0) is 19.3 Å². The largest absolute Gasteiger partial charge is 0.481 e. The van der Waals surface area contributed by atoms with E-state index in [0.717, 1.165) is 56.1 Å². The van der Waals surface area contributed by atoms with Gasteiger partial charge in [-0.3, -0.25) is 4.79 Å². The number of hydrogen-bond acceptors (Lipinski definition) is 3. The lowest BCUT2D eigenvalue weighted by molar-refractivity contribution is -0.890. The van der Waals surface area contributed by atoms with Crippen LogP contribution in [0.2, 0.25) is 0 Å². The van der Waals surface area contributed by atoms with E-state index in [-0.39, 0.29) is 12.4 Å². The standard InChI is InChI=1S/C16H29NO4/c1-4-16(20)21-14-9-7-5-6-8-12-17(2,3)13-10-11-15(18)19/h4H,1,5-14H2,2-3H3/p+1. The summed E-state index contributed by atoms with van der Waals surface area (Å²) in [4.78, 5) is 21.3. The van der Waals surface area contributed by atoms with Gasteiger partial charge in [0.15, 0.2) is 0 Å². The highest BCUT2D eigenvalue weighted by Gasteiger charge is 2.14. The molecule has 0 radical (unpaired) electrons. The second kappa shape index (κ2) is 11.3. The highest BCUT2D eigenvalue weighted by molar-refractivity contribution is 5.81. The van der Waals surface area contributed by atoms with E-state index < -0.39 is 5.97 Å². The fraction of sp³-hybridized carbons (Fsp3) is 0.750. The zero-order valence-electron chi connectivity index (χ0n) is 13.5. The molecule has 122 valence electrons. The lowest BCUT2D eigenvalue weighted by Gasteiger charge is -2.29. The van der Waals surface area contributed by atoms with Gasteiger partial charge < -0.3 is 14.3 Å². The van der Waals surface area contributed by atoms with Crippen molar-refractivity contribution in [1.29, 1.82) is 0 Å². The number of hydrogen-bond donors (Lipinski definition) is 1. The fourth-order valence-electron chi connectivity index (χ4n) is 2.17. The van der Waals surface area contributed by atoms with E-state index in [0.29, 0.717) is 6.61 Å². The summed E-state index contributed by atoms with van der Waals surface area (Å²) < 4.78 is 5.79. The van der Waals surface area contributed by atoms with E-state index in [1.807, 2.05) is 0 Å². The third-order valence-corrected chi connectivity index (χ3v) is 3.47. The maximum atomic E-state index is 10.8. The van der Waals surface area contributed by atoms with Crippen molar-refractivity contribution >= 4 is 11.9 Å². The Hall–Kier alpha value is -1.36. The Morgan fingerprint density at radius 1 is 1.05 bits per heavy atom. The van der Waals surface area contributed by atoms with Crippen LogP contribution >= 0.6 is 0 Å². The predicted octanol–water partition coefficient (Wildman–Crippen LogP) is 2.61. The van der Waals surface area contributed by atoms with Crippen molar-refractivity contribution < 1.29 is 23.9 Å². The molecule has 0 atom stereocenters. The smallest absolute Gasteiger partial charge is 0.330 e. The minimum Gasteiger partial charge on any atom is -0.481 e. The summed E-state index contributed by atoms with van der Waals surface area (Å²) in [6.45, 7) is 5.80. The topological polar surface area (TPSA) is 63.6 Å². The normalized spacial score (nSPS) is 11.1. The summed E-state index contributed by atoms with van der Waals surface area (Å²) in [5.41, 5.74) is 0. The van der Waals surface area contributed by atoms with Crippen LogP contribution < -0.4 is 0 Å². The lowest BCUT2D eigenvalue weighted by atomic mass is 10.1. The highest BCUT2D eigenvalue weighted by Crippen LogP contribution is 2.08. The van der Waals surface area contributed by atoms with Crippen LogP contribution in [0.4, 0.5) is 0 Å². The van der Waals surface area contributed by atoms with Gasteiger partial charge in [0.05, 0.1) is 40.2 Å². The highest BCUT2D eigenvalue weighted by atomic mass is 16.5. The first-order chi connectivity index (χ1) is 9.87. The molecule has 0 fully saturated rings. The summed E-state index contributed by atoms with van der Waals surface area (Å²) in [7, 11) is 4.30. The molecule has 0 rings (SSSR count). The van der Waals surface area contributed by atoms with E-state index in [1.54, 1.807) is 0 Å². The van der Waals surface area contributed by atoms with Gasteiger partial charge in [-0.15, -0.1) is 0 Å². The van der Waals surface area contributed by atoms with Crippen molar-refractivity contribution in [3.8, 4) is 0 Å². The molecule has 0 spiro atoms. The fourth-order valence-corrected chi connectivity index (χ4v) is 2.17. The number of esters is 1. The molecule has 5 heteroatoms. The molecule has 0 aromatic heterocycles. The summed E-state index contributed by atoms with van der Waals surface area (Å²) in [5.74, 6) is -1.07. The molecule has 5 nitrogen and oxygen atoms in total. The molecule has 0 unspecified atom stereocenters. The van der Waals surface area contributed by atoms with Crippen molar-refractivity contribution in [2.45, 2.75) is 44.9 Å². The second-order valence-electron chi connectivity index (χ2n) is 6.02. The van der Waals surface area contributed by atoms with Crippen molar-refractivity contribution in [2.75, 3.05) is 33.8 Å². The van der Waals surface area contributed by atoms with Crippen LogP contribution in [0.15, 0.2) is 12.7 Å². The monoisotopic (exact) mass is 300 g/mol. The summed E-state index contributed by atoms with van der Waals surface area (Å²) in [5, 5.41) is 8.63. The first-order valence-corrected chi connectivity index (χ1v) is 7.70. The Labute approximate surface area is 128 Å². The van der Waals surface area contributed by atoms with Crippen molar-refractivity contribution in [3.63, 3.8) is 0 Å². The molecule has 0 aliphatic rings. The van der Waals surface area contributed by atoms with Crippen molar-refractivity contribution in [2.24, 2.45) is 0 Å². The molecule has 0 bridgehead atoms. The van der Waals surface area contributed by atoms with Crippen LogP contribution in [-0.2, 0) is 14.3 Å². The minimum atomic E-state index is -0.716. The second-order valence-corrected chi connectivity index (χ2v) is 6.02. The molecule has 0 saturated carbocycles. The van der Waals surface area contributed by atoms with E-state index in [1.165, 1.54) is 6.08 Å². The van der Waals surface area contributed by atoms with Gasteiger partial charge in [0, 0.05) is 12.5 Å². The average molecular weight is 300 g/mol. The molecular weight excluding hydrogens is 270 g/mol. The number of carboxylic acid groups (broad SMARTS) is 1. The number of ether oxygens (including phenoxy) is 1. The molecule has 0 aliphatic heterocycles. The molecule has 0 aromatic carbocycles. The summed E-state index contributed by atoms with van der Waals surface area (Å²) in [6, 6.07) is 0. The maximum Gasteiger partial charge on any atom is 0.330 e. The number of unbranched alkanes of at least 4 members (excludes halogenated alkanes) is 4. The Morgan fingerprint density at radius 3 is 2.24 bits per heavy atom. The van der Waals surface area contributed by atoms with Gasteiger partial charge in [0.25, 0.3) is 0 Å². The first-order valence-electron chi connectivity index (χ1n) is 7.70. The average Bonchev–Trinajstić information content (AvgIpc) is 2.40. The molecular formula is C16H30NO4+. The van der Waals surface area contributed by atoms with Crippen LogP contribution in [0.5, 0.6) is 0 Å². The molecule has 0 aliphatic carbocycles. The van der Waals surface area contributed by atoms with Gasteiger partial charge in [-0.1, -0.05) is 19.4 Å². The van der Waals surface area contributed by atoms with Crippen LogP contribution in [0.1, 0.15) is 44.9 Å². The zero-order chi connectivity index (χ0) is 16.1. The van der Waals surface area contributed by atoms with Gasteiger partial charge >= 0.3 is 11.9 Å². The van der Waals surface area contributed by atoms with Crippen molar-refractivity contribution in [1.82, 2.24) is 0 Å². The third-order valence-electron chi connectivity index (χ3n) is 3.47. The van der Waals surface area contributed by atoms with E-state index in [2.05, 4.69) is 20.7 Å². The van der Waals surface area contributed by atoms with Gasteiger partial charge in [0.2, 0.25) is 0 Å². The summed E-state index contributed by atoms with van der Waals surface area (Å²) in [6.07, 6.45) is 7.59. The van der Waals surface area contributed by atoms with Gasteiger partial charge in [-0.2, -0.15) is 0 Å². The molecule has 1 N–H and O–H groups in total. The van der Waals surface area contributed by atoms with E-state index in [9.17, 15) is 9.59 Å². The first kappa shape index (κ1) is 19.6. The number of nitrogens with zero attached hydrogens (tertiary/aromatic N) is 1. The minimum absolute atomic E-state index is 0.255. The van der Waals surface area contributed by atoms with Crippen molar-refractivity contribution in [3.05, 3.63) is 12.7 Å². The Morgan fingerprint density at radius 2 is 1.62 bits per heavy atom. The quantitative estimate of drug-likeness (QED) is 0.246. The van der Waals surface area contributed by atoms with Crippen LogP contribution in [0.3, 0.4) is 0 Å². The van der Waals surface area contributed by atoms with E-state index >= 15 is 0 Å². The molecule has 0 amide bonds. The van der Waals surface area contributed by atoms with Gasteiger partial charge in [0.1, 0.15) is 0 Å². The van der Waals surface area contributed by atoms with Gasteiger partial charge in [-0.25, -0.2) is 4.79 Å². The molecule has 0 aromatic rings. The molecule has 21 heavy (non-hydrogen) atoms. The summed E-state index contributed by atoms with van der Waals surface area (Å²) >= 11 is 0. The van der Waals surface area contributed by atoms with Crippen LogP contribution in [0.25, 0.3) is 0 Å². The number of quaternary nitrogens is 1. The number of rotatable bonds is 13. The predicted molar refractivity (Wildman–Crippen MR) is 83.0 cm³/mol. The number of carbonyl (C=O) groups excluding carboxylic acids is 1. The molecule has 0 saturated heterocycles. The number of carbonyl (C=O) groups is 2. The van der Waals surface area contributed by atoms with Crippen LogP contribution in [0, 0.1) is 0 Å². The third kappa shape index (κ3) is 13.4. The number of carboxylic acids is 1. The Bertz CT molecular complexity index is 326. The van der Waals surface area contributed by atoms with E-state index in [4.69, 9.17) is 9.84 Å². The SMILES string of the molecule is C=CC(=O)OCCCCCCC[N+](C)(C)CCCC(=O)O. The van der Waals surface area contributed by atoms with Crippen LogP contribution in [-0.4, -0.2) is 55.3 Å². The Balaban J connectivity index is 3.46. The maximum absolute atomic E-state index is 10.8.